The molecule has 1 saturated heterocycles. The van der Waals surface area contributed by atoms with Gasteiger partial charge in [-0.2, -0.15) is 13.2 Å². The Balaban J connectivity index is 1.64. The molecule has 5 nitrogen and oxygen atoms in total. The second-order valence-corrected chi connectivity index (χ2v) is 7.07. The highest BCUT2D eigenvalue weighted by Crippen LogP contribution is 2.29. The molecule has 0 bridgehead atoms. The van der Waals surface area contributed by atoms with Gasteiger partial charge < -0.3 is 9.84 Å². The van der Waals surface area contributed by atoms with Gasteiger partial charge in [0, 0.05) is 19.6 Å². The van der Waals surface area contributed by atoms with Gasteiger partial charge in [0.25, 0.3) is 0 Å². The van der Waals surface area contributed by atoms with E-state index >= 15 is 0 Å². The number of aliphatic carboxylic acids is 1. The summed E-state index contributed by atoms with van der Waals surface area (Å²) in [6.45, 7) is 5.55. The van der Waals surface area contributed by atoms with Gasteiger partial charge in [0.05, 0.1) is 11.6 Å². The van der Waals surface area contributed by atoms with Crippen LogP contribution in [0.25, 0.3) is 0 Å². The SMILES string of the molecule is Cc1cc(OCc2cccc(C(F)(F)F)n2)cc(C)c1CN1CC(C(=O)O)C1. The van der Waals surface area contributed by atoms with Crippen molar-refractivity contribution in [1.82, 2.24) is 9.88 Å². The largest absolute Gasteiger partial charge is 0.487 e. The van der Waals surface area contributed by atoms with Crippen molar-refractivity contribution in [3.63, 3.8) is 0 Å². The molecule has 8 heteroatoms. The third kappa shape index (κ3) is 4.62. The van der Waals surface area contributed by atoms with Crippen LogP contribution in [0, 0.1) is 19.8 Å². The molecule has 150 valence electrons. The van der Waals surface area contributed by atoms with Crippen LogP contribution in [0.3, 0.4) is 0 Å². The number of likely N-dealkylation sites (tertiary alicyclic amines) is 1. The van der Waals surface area contributed by atoms with E-state index in [9.17, 15) is 18.0 Å². The number of carboxylic acid groups (broad SMARTS) is 1. The molecular formula is C20H21F3N2O3. The van der Waals surface area contributed by atoms with Crippen molar-refractivity contribution in [1.29, 1.82) is 0 Å². The van der Waals surface area contributed by atoms with Crippen LogP contribution in [0.1, 0.15) is 28.1 Å². The zero-order valence-electron chi connectivity index (χ0n) is 15.6. The standard InChI is InChI=1S/C20H21F3N2O3/c1-12-6-16(28-11-15-4-3-5-18(24-15)20(21,22)23)7-13(2)17(12)10-25-8-14(9-25)19(26)27/h3-7,14H,8-11H2,1-2H3,(H,26,27). The van der Waals surface area contributed by atoms with E-state index in [1.54, 1.807) is 0 Å². The van der Waals surface area contributed by atoms with Crippen LogP contribution < -0.4 is 4.74 Å². The van der Waals surface area contributed by atoms with Gasteiger partial charge in [0.2, 0.25) is 0 Å². The molecule has 1 N–H and O–H groups in total. The highest BCUT2D eigenvalue weighted by Gasteiger charge is 2.33. The van der Waals surface area contributed by atoms with Crippen LogP contribution in [-0.4, -0.2) is 34.0 Å². The normalized spacial score (nSPS) is 15.3. The number of aromatic nitrogens is 1. The van der Waals surface area contributed by atoms with E-state index in [0.29, 0.717) is 25.4 Å². The fourth-order valence-electron chi connectivity index (χ4n) is 3.24. The molecule has 0 radical (unpaired) electrons. The molecule has 0 amide bonds. The predicted molar refractivity (Wildman–Crippen MR) is 95.9 cm³/mol. The topological polar surface area (TPSA) is 62.7 Å². The number of benzene rings is 1. The average molecular weight is 394 g/mol. The summed E-state index contributed by atoms with van der Waals surface area (Å²) in [6, 6.07) is 7.41. The maximum absolute atomic E-state index is 12.7. The van der Waals surface area contributed by atoms with Crippen molar-refractivity contribution >= 4 is 5.97 Å². The smallest absolute Gasteiger partial charge is 0.433 e. The number of nitrogens with zero attached hydrogens (tertiary/aromatic N) is 2. The molecular weight excluding hydrogens is 373 g/mol. The lowest BCUT2D eigenvalue weighted by Gasteiger charge is -2.37. The summed E-state index contributed by atoms with van der Waals surface area (Å²) in [5.74, 6) is -0.509. The van der Waals surface area contributed by atoms with E-state index in [4.69, 9.17) is 9.84 Å². The van der Waals surface area contributed by atoms with E-state index in [0.717, 1.165) is 22.8 Å². The first kappa shape index (κ1) is 20.1. The summed E-state index contributed by atoms with van der Waals surface area (Å²) < 4.78 is 43.9. The molecule has 3 rings (SSSR count). The van der Waals surface area contributed by atoms with E-state index in [-0.39, 0.29) is 18.2 Å². The number of ether oxygens (including phenoxy) is 1. The lowest BCUT2D eigenvalue weighted by atomic mass is 9.96. The first-order valence-electron chi connectivity index (χ1n) is 8.84. The Kier molecular flexibility index (Phi) is 5.60. The predicted octanol–water partition coefficient (Wildman–Crippen LogP) is 3.81. The van der Waals surface area contributed by atoms with Gasteiger partial charge in [-0.25, -0.2) is 4.98 Å². The Morgan fingerprint density at radius 3 is 2.46 bits per heavy atom. The minimum Gasteiger partial charge on any atom is -0.487 e. The molecule has 1 aliphatic rings. The molecule has 1 aromatic heterocycles. The van der Waals surface area contributed by atoms with Gasteiger partial charge in [-0.05, 0) is 54.8 Å². The summed E-state index contributed by atoms with van der Waals surface area (Å²) in [5, 5.41) is 8.97. The van der Waals surface area contributed by atoms with Crippen LogP contribution in [0.15, 0.2) is 30.3 Å². The fourth-order valence-corrected chi connectivity index (χ4v) is 3.24. The molecule has 28 heavy (non-hydrogen) atoms. The van der Waals surface area contributed by atoms with Gasteiger partial charge in [-0.3, -0.25) is 9.69 Å². The van der Waals surface area contributed by atoms with E-state index in [1.807, 2.05) is 26.0 Å². The van der Waals surface area contributed by atoms with Crippen molar-refractivity contribution in [2.45, 2.75) is 33.2 Å². The highest BCUT2D eigenvalue weighted by atomic mass is 19.4. The highest BCUT2D eigenvalue weighted by molar-refractivity contribution is 5.71. The third-order valence-corrected chi connectivity index (χ3v) is 4.84. The molecule has 0 atom stereocenters. The molecule has 0 saturated carbocycles. The van der Waals surface area contributed by atoms with Crippen molar-refractivity contribution in [3.05, 3.63) is 58.4 Å². The minimum atomic E-state index is -4.48. The molecule has 0 aliphatic carbocycles. The number of hydrogen-bond donors (Lipinski definition) is 1. The number of pyridine rings is 1. The van der Waals surface area contributed by atoms with Gasteiger partial charge in [0.1, 0.15) is 18.1 Å². The Bertz CT molecular complexity index is 854. The van der Waals surface area contributed by atoms with Crippen LogP contribution in [0.4, 0.5) is 13.2 Å². The average Bonchev–Trinajstić information content (AvgIpc) is 2.56. The van der Waals surface area contributed by atoms with Crippen molar-refractivity contribution in [3.8, 4) is 5.75 Å². The Hall–Kier alpha value is -2.61. The van der Waals surface area contributed by atoms with Gasteiger partial charge >= 0.3 is 12.1 Å². The van der Waals surface area contributed by atoms with E-state index in [2.05, 4.69) is 9.88 Å². The second-order valence-electron chi connectivity index (χ2n) is 7.07. The molecule has 0 spiro atoms. The van der Waals surface area contributed by atoms with E-state index in [1.165, 1.54) is 12.1 Å². The number of hydrogen-bond acceptors (Lipinski definition) is 4. The maximum atomic E-state index is 12.7. The molecule has 1 aromatic carbocycles. The summed E-state index contributed by atoms with van der Waals surface area (Å²) >= 11 is 0. The fraction of sp³-hybridized carbons (Fsp3) is 0.400. The summed E-state index contributed by atoms with van der Waals surface area (Å²) in [6.07, 6.45) is -4.48. The molecule has 0 unspecified atom stereocenters. The Morgan fingerprint density at radius 1 is 1.25 bits per heavy atom. The first-order valence-corrected chi connectivity index (χ1v) is 8.84. The quantitative estimate of drug-likeness (QED) is 0.807. The van der Waals surface area contributed by atoms with Gasteiger partial charge in [0.15, 0.2) is 0 Å². The third-order valence-electron chi connectivity index (χ3n) is 4.84. The zero-order chi connectivity index (χ0) is 20.5. The lowest BCUT2D eigenvalue weighted by Crippen LogP contribution is -2.49. The zero-order valence-corrected chi connectivity index (χ0v) is 15.6. The number of alkyl halides is 3. The maximum Gasteiger partial charge on any atom is 0.433 e. The van der Waals surface area contributed by atoms with Crippen LogP contribution in [-0.2, 0) is 24.1 Å². The van der Waals surface area contributed by atoms with Gasteiger partial charge in [-0.15, -0.1) is 0 Å². The number of aryl methyl sites for hydroxylation is 2. The van der Waals surface area contributed by atoms with Crippen molar-refractivity contribution < 1.29 is 27.8 Å². The van der Waals surface area contributed by atoms with Crippen LogP contribution in [0.5, 0.6) is 5.75 Å². The summed E-state index contributed by atoms with van der Waals surface area (Å²) in [4.78, 5) is 16.6. The Labute approximate surface area is 160 Å². The van der Waals surface area contributed by atoms with Crippen LogP contribution in [0.2, 0.25) is 0 Å². The summed E-state index contributed by atoms with van der Waals surface area (Å²) in [7, 11) is 0. The number of carboxylic acids is 1. The second kappa shape index (κ2) is 7.79. The van der Waals surface area contributed by atoms with Crippen molar-refractivity contribution in [2.24, 2.45) is 5.92 Å². The lowest BCUT2D eigenvalue weighted by molar-refractivity contribution is -0.147. The number of halogens is 3. The Morgan fingerprint density at radius 2 is 1.89 bits per heavy atom. The molecule has 1 fully saturated rings. The molecule has 2 aromatic rings. The molecule has 2 heterocycles. The molecule has 1 aliphatic heterocycles. The summed E-state index contributed by atoms with van der Waals surface area (Å²) in [5.41, 5.74) is 2.35. The minimum absolute atomic E-state index is 0.0609. The van der Waals surface area contributed by atoms with Crippen LogP contribution >= 0.6 is 0 Å². The monoisotopic (exact) mass is 394 g/mol. The van der Waals surface area contributed by atoms with Crippen molar-refractivity contribution in [2.75, 3.05) is 13.1 Å². The first-order chi connectivity index (χ1) is 13.1. The van der Waals surface area contributed by atoms with Gasteiger partial charge in [-0.1, -0.05) is 6.07 Å². The number of carbonyl (C=O) groups is 1. The number of rotatable bonds is 6. The van der Waals surface area contributed by atoms with E-state index < -0.39 is 17.8 Å².